The van der Waals surface area contributed by atoms with Gasteiger partial charge < -0.3 is 9.47 Å². The molecule has 0 saturated carbocycles. The van der Waals surface area contributed by atoms with Crippen molar-refractivity contribution in [2.24, 2.45) is 5.41 Å². The van der Waals surface area contributed by atoms with Crippen LogP contribution in [0.5, 0.6) is 5.75 Å². The number of carbonyl (C=O) groups is 1. The zero-order valence-corrected chi connectivity index (χ0v) is 23.1. The summed E-state index contributed by atoms with van der Waals surface area (Å²) in [5, 5.41) is 10.1. The number of hydrogen-bond acceptors (Lipinski definition) is 5. The van der Waals surface area contributed by atoms with E-state index >= 15 is 0 Å². The van der Waals surface area contributed by atoms with Crippen molar-refractivity contribution in [3.63, 3.8) is 0 Å². The summed E-state index contributed by atoms with van der Waals surface area (Å²) >= 11 is 8.42. The molecule has 0 amide bonds. The predicted molar refractivity (Wildman–Crippen MR) is 150 cm³/mol. The second-order valence-electron chi connectivity index (χ2n) is 9.02. The first kappa shape index (κ1) is 28.6. The van der Waals surface area contributed by atoms with E-state index in [1.807, 2.05) is 79.7 Å². The molecule has 0 radical (unpaired) electrons. The molecular formula is C31H34ClNO3S. The van der Waals surface area contributed by atoms with Gasteiger partial charge in [-0.2, -0.15) is 5.26 Å². The maximum Gasteiger partial charge on any atom is 0.313 e. The summed E-state index contributed by atoms with van der Waals surface area (Å²) in [6.45, 7) is 4.69. The fourth-order valence-electron chi connectivity index (χ4n) is 4.41. The van der Waals surface area contributed by atoms with Crippen molar-refractivity contribution in [2.45, 2.75) is 68.8 Å². The number of esters is 1. The quantitative estimate of drug-likeness (QED) is 0.193. The molecule has 3 rings (SSSR count). The van der Waals surface area contributed by atoms with Gasteiger partial charge in [-0.25, -0.2) is 0 Å². The minimum Gasteiger partial charge on any atom is -0.489 e. The van der Waals surface area contributed by atoms with Crippen molar-refractivity contribution in [3.8, 4) is 11.8 Å². The van der Waals surface area contributed by atoms with Crippen LogP contribution in [0.25, 0.3) is 0 Å². The van der Waals surface area contributed by atoms with Gasteiger partial charge in [0.05, 0.1) is 29.5 Å². The van der Waals surface area contributed by atoms with Crippen molar-refractivity contribution < 1.29 is 14.3 Å². The van der Waals surface area contributed by atoms with Crippen molar-refractivity contribution in [3.05, 3.63) is 88.9 Å². The first-order valence-corrected chi connectivity index (χ1v) is 14.0. The van der Waals surface area contributed by atoms with Gasteiger partial charge in [-0.15, -0.1) is 0 Å². The van der Waals surface area contributed by atoms with Gasteiger partial charge in [0, 0.05) is 9.79 Å². The normalized spacial score (nSPS) is 12.4. The molecule has 0 aliphatic heterocycles. The van der Waals surface area contributed by atoms with Crippen LogP contribution in [0.15, 0.2) is 82.6 Å². The maximum absolute atomic E-state index is 12.7. The SMILES string of the molecule is CCCC(CC#N)(CCCc1cccc(Sc2ccc(OCc3ccccc3)cc2)c1Cl)C(=O)OCC. The van der Waals surface area contributed by atoms with Gasteiger partial charge in [0.15, 0.2) is 0 Å². The molecule has 0 aliphatic carbocycles. The highest BCUT2D eigenvalue weighted by molar-refractivity contribution is 7.99. The number of nitrogens with zero attached hydrogens (tertiary/aromatic N) is 1. The third kappa shape index (κ3) is 8.28. The van der Waals surface area contributed by atoms with E-state index in [4.69, 9.17) is 21.1 Å². The lowest BCUT2D eigenvalue weighted by atomic mass is 9.76. The highest BCUT2D eigenvalue weighted by Crippen LogP contribution is 2.39. The summed E-state index contributed by atoms with van der Waals surface area (Å²) in [5.41, 5.74) is 1.43. The Kier molecular flexibility index (Phi) is 11.4. The Bertz CT molecular complexity index is 1180. The number of aryl methyl sites for hydroxylation is 1. The molecule has 0 spiro atoms. The average molecular weight is 536 g/mol. The van der Waals surface area contributed by atoms with Crippen LogP contribution >= 0.6 is 23.4 Å². The Morgan fingerprint density at radius 1 is 1.00 bits per heavy atom. The zero-order chi connectivity index (χ0) is 26.5. The molecule has 3 aromatic rings. The lowest BCUT2D eigenvalue weighted by molar-refractivity contribution is -0.156. The van der Waals surface area contributed by atoms with E-state index in [1.54, 1.807) is 18.7 Å². The molecule has 0 N–H and O–H groups in total. The summed E-state index contributed by atoms with van der Waals surface area (Å²) in [6, 6.07) is 26.4. The van der Waals surface area contributed by atoms with Crippen LogP contribution in [0.3, 0.4) is 0 Å². The predicted octanol–water partition coefficient (Wildman–Crippen LogP) is 8.66. The minimum absolute atomic E-state index is 0.175. The summed E-state index contributed by atoms with van der Waals surface area (Å²) in [6.07, 6.45) is 3.73. The Morgan fingerprint density at radius 3 is 2.43 bits per heavy atom. The number of ether oxygens (including phenoxy) is 2. The number of nitriles is 1. The molecule has 194 valence electrons. The second kappa shape index (κ2) is 14.7. The van der Waals surface area contributed by atoms with Gasteiger partial charge in [0.1, 0.15) is 12.4 Å². The van der Waals surface area contributed by atoms with E-state index in [0.717, 1.165) is 51.0 Å². The highest BCUT2D eigenvalue weighted by Gasteiger charge is 2.38. The summed E-state index contributed by atoms with van der Waals surface area (Å²) < 4.78 is 11.2. The average Bonchev–Trinajstić information content (AvgIpc) is 2.91. The number of hydrogen-bond donors (Lipinski definition) is 0. The zero-order valence-electron chi connectivity index (χ0n) is 21.5. The Balaban J connectivity index is 1.62. The second-order valence-corrected chi connectivity index (χ2v) is 10.5. The minimum atomic E-state index is -0.747. The smallest absolute Gasteiger partial charge is 0.313 e. The van der Waals surface area contributed by atoms with E-state index in [1.165, 1.54) is 0 Å². The molecule has 1 atom stereocenters. The summed E-state index contributed by atoms with van der Waals surface area (Å²) in [5.74, 6) is 0.563. The van der Waals surface area contributed by atoms with E-state index < -0.39 is 5.41 Å². The fourth-order valence-corrected chi connectivity index (χ4v) is 5.64. The highest BCUT2D eigenvalue weighted by atomic mass is 35.5. The van der Waals surface area contributed by atoms with Crippen LogP contribution in [0.1, 0.15) is 57.1 Å². The van der Waals surface area contributed by atoms with Crippen LogP contribution in [-0.2, 0) is 22.6 Å². The first-order valence-electron chi connectivity index (χ1n) is 12.8. The van der Waals surface area contributed by atoms with E-state index in [2.05, 4.69) is 6.07 Å². The molecule has 6 heteroatoms. The largest absolute Gasteiger partial charge is 0.489 e. The van der Waals surface area contributed by atoms with E-state index in [0.29, 0.717) is 26.1 Å². The van der Waals surface area contributed by atoms with Gasteiger partial charge in [0.2, 0.25) is 0 Å². The van der Waals surface area contributed by atoms with Gasteiger partial charge in [-0.1, -0.05) is 79.2 Å². The standard InChI is InChI=1S/C31H34ClNO3S/c1-3-19-31(21-22-33,30(34)35-4-2)20-9-13-25-12-8-14-28(29(25)32)37-27-17-15-26(16-18-27)36-23-24-10-6-5-7-11-24/h5-8,10-12,14-18H,3-4,9,13,19-21,23H2,1-2H3. The van der Waals surface area contributed by atoms with Crippen LogP contribution in [0.4, 0.5) is 0 Å². The van der Waals surface area contributed by atoms with Crippen LogP contribution in [0, 0.1) is 16.7 Å². The third-order valence-electron chi connectivity index (χ3n) is 6.30. The molecule has 4 nitrogen and oxygen atoms in total. The number of benzene rings is 3. The van der Waals surface area contributed by atoms with Gasteiger partial charge >= 0.3 is 5.97 Å². The molecule has 0 bridgehead atoms. The molecule has 0 aromatic heterocycles. The van der Waals surface area contributed by atoms with Crippen LogP contribution in [0.2, 0.25) is 5.02 Å². The molecule has 0 saturated heterocycles. The van der Waals surface area contributed by atoms with Gasteiger partial charge in [-0.05, 0) is 74.1 Å². The monoisotopic (exact) mass is 535 g/mol. The Labute approximate surface area is 229 Å². The molecule has 1 unspecified atom stereocenters. The molecular weight excluding hydrogens is 502 g/mol. The maximum atomic E-state index is 12.7. The van der Waals surface area contributed by atoms with Gasteiger partial charge in [-0.3, -0.25) is 4.79 Å². The third-order valence-corrected chi connectivity index (χ3v) is 7.93. The molecule has 3 aromatic carbocycles. The van der Waals surface area contributed by atoms with Crippen molar-refractivity contribution in [1.82, 2.24) is 0 Å². The van der Waals surface area contributed by atoms with Gasteiger partial charge in [0.25, 0.3) is 0 Å². The van der Waals surface area contributed by atoms with Crippen LogP contribution < -0.4 is 4.74 Å². The first-order chi connectivity index (χ1) is 18.0. The lowest BCUT2D eigenvalue weighted by Gasteiger charge is -2.29. The van der Waals surface area contributed by atoms with Crippen molar-refractivity contribution >= 4 is 29.3 Å². The Morgan fingerprint density at radius 2 is 1.76 bits per heavy atom. The van der Waals surface area contributed by atoms with Crippen molar-refractivity contribution in [2.75, 3.05) is 6.61 Å². The molecule has 0 aliphatic rings. The van der Waals surface area contributed by atoms with Crippen LogP contribution in [-0.4, -0.2) is 12.6 Å². The molecule has 0 fully saturated rings. The molecule has 0 heterocycles. The Hall–Kier alpha value is -2.94. The number of rotatable bonds is 14. The van der Waals surface area contributed by atoms with Crippen molar-refractivity contribution in [1.29, 1.82) is 5.26 Å². The summed E-state index contributed by atoms with van der Waals surface area (Å²) in [7, 11) is 0. The lowest BCUT2D eigenvalue weighted by Crippen LogP contribution is -2.33. The summed E-state index contributed by atoms with van der Waals surface area (Å²) in [4.78, 5) is 14.8. The molecule has 37 heavy (non-hydrogen) atoms. The van der Waals surface area contributed by atoms with E-state index in [9.17, 15) is 10.1 Å². The number of carbonyl (C=O) groups excluding carboxylic acids is 1. The fraction of sp³-hybridized carbons (Fsp3) is 0.355. The number of halogens is 1. The topological polar surface area (TPSA) is 59.3 Å². The van der Waals surface area contributed by atoms with E-state index in [-0.39, 0.29) is 12.4 Å².